The average Bonchev–Trinajstić information content (AvgIpc) is 3.41. The molecule has 1 saturated heterocycles. The summed E-state index contributed by atoms with van der Waals surface area (Å²) < 4.78 is 31.4. The standard InChI is InChI=1S/C27H36FNO5/c1-17-15-27-10-6-11-29(27)12-7-18-13-20-21(33-16-32-20)14-19(18)22(27)23(17)34-24(30)26(4,31)9-5-8-25(2,3)28/h13-15,22-23,31H,5-12,16H2,1-4H3/t22-,23?,26+,27-/m1/s1. The Labute approximate surface area is 201 Å². The fourth-order valence-electron chi connectivity index (χ4n) is 6.40. The van der Waals surface area contributed by atoms with Gasteiger partial charge in [-0.05, 0) is 102 Å². The number of carbonyl (C=O) groups is 1. The molecule has 1 unspecified atom stereocenters. The van der Waals surface area contributed by atoms with E-state index in [-0.39, 0.29) is 31.1 Å². The van der Waals surface area contributed by atoms with Crippen molar-refractivity contribution in [2.24, 2.45) is 0 Å². The normalized spacial score (nSPS) is 29.5. The lowest BCUT2D eigenvalue weighted by Gasteiger charge is -2.40. The number of halogens is 1. The summed E-state index contributed by atoms with van der Waals surface area (Å²) in [5.41, 5.74) is 0.134. The summed E-state index contributed by atoms with van der Waals surface area (Å²) in [4.78, 5) is 15.8. The number of fused-ring (bicyclic) bond motifs is 3. The van der Waals surface area contributed by atoms with E-state index < -0.39 is 23.3 Å². The number of aliphatic hydroxyl groups is 1. The fourth-order valence-corrected chi connectivity index (χ4v) is 6.40. The lowest BCUT2D eigenvalue weighted by molar-refractivity contribution is -0.170. The minimum atomic E-state index is -1.67. The third-order valence-corrected chi connectivity index (χ3v) is 8.09. The molecule has 3 heterocycles. The van der Waals surface area contributed by atoms with Gasteiger partial charge in [-0.25, -0.2) is 9.18 Å². The third-order valence-electron chi connectivity index (χ3n) is 8.09. The Balaban J connectivity index is 1.45. The Morgan fingerprint density at radius 2 is 1.97 bits per heavy atom. The zero-order valence-electron chi connectivity index (χ0n) is 20.7. The van der Waals surface area contributed by atoms with Gasteiger partial charge in [-0.3, -0.25) is 4.90 Å². The Morgan fingerprint density at radius 1 is 1.24 bits per heavy atom. The average molecular weight is 474 g/mol. The zero-order valence-corrected chi connectivity index (χ0v) is 20.7. The second-order valence-electron chi connectivity index (χ2n) is 11.3. The summed E-state index contributed by atoms with van der Waals surface area (Å²) in [6, 6.07) is 4.15. The highest BCUT2D eigenvalue weighted by Crippen LogP contribution is 2.55. The summed E-state index contributed by atoms with van der Waals surface area (Å²) in [6.45, 7) is 8.68. The second-order valence-corrected chi connectivity index (χ2v) is 11.3. The van der Waals surface area contributed by atoms with Gasteiger partial charge in [-0.15, -0.1) is 0 Å². The van der Waals surface area contributed by atoms with E-state index in [0.717, 1.165) is 55.0 Å². The van der Waals surface area contributed by atoms with Crippen molar-refractivity contribution in [3.8, 4) is 11.5 Å². The molecule has 4 aliphatic rings. The zero-order chi connectivity index (χ0) is 24.3. The molecule has 4 atom stereocenters. The van der Waals surface area contributed by atoms with Crippen molar-refractivity contribution in [3.63, 3.8) is 0 Å². The Hall–Kier alpha value is -2.12. The molecule has 0 radical (unpaired) electrons. The number of hydrogen-bond acceptors (Lipinski definition) is 6. The molecule has 1 N–H and O–H groups in total. The highest BCUT2D eigenvalue weighted by Gasteiger charge is 2.57. The van der Waals surface area contributed by atoms with Crippen LogP contribution in [0.25, 0.3) is 0 Å². The van der Waals surface area contributed by atoms with Gasteiger partial charge in [0.2, 0.25) is 6.79 Å². The molecule has 0 aromatic heterocycles. The summed E-state index contributed by atoms with van der Waals surface area (Å²) in [6.07, 6.45) is 5.65. The van der Waals surface area contributed by atoms with Crippen LogP contribution in [0.4, 0.5) is 4.39 Å². The van der Waals surface area contributed by atoms with E-state index in [1.807, 2.05) is 6.92 Å². The number of rotatable bonds is 6. The van der Waals surface area contributed by atoms with Crippen molar-refractivity contribution >= 4 is 5.97 Å². The van der Waals surface area contributed by atoms with Crippen molar-refractivity contribution in [2.75, 3.05) is 19.9 Å². The minimum absolute atomic E-state index is 0.0773. The SMILES string of the molecule is CC1=C[C@@]23CCCN2CCc2cc4c(cc2[C@@H]3C1OC(=O)[C@@](C)(O)CCCC(C)(C)F)OCO4. The second kappa shape index (κ2) is 8.23. The van der Waals surface area contributed by atoms with E-state index in [0.29, 0.717) is 6.42 Å². The maximum atomic E-state index is 13.9. The van der Waals surface area contributed by atoms with Crippen LogP contribution in [0.1, 0.15) is 76.8 Å². The van der Waals surface area contributed by atoms with Gasteiger partial charge in [-0.1, -0.05) is 6.08 Å². The van der Waals surface area contributed by atoms with Crippen LogP contribution in [0.5, 0.6) is 11.5 Å². The number of nitrogens with zero attached hydrogens (tertiary/aromatic N) is 1. The van der Waals surface area contributed by atoms with Crippen LogP contribution >= 0.6 is 0 Å². The summed E-state index contributed by atoms with van der Waals surface area (Å²) in [5, 5.41) is 10.9. The van der Waals surface area contributed by atoms with Crippen LogP contribution in [0, 0.1) is 0 Å². The first-order valence-electron chi connectivity index (χ1n) is 12.5. The van der Waals surface area contributed by atoms with Crippen LogP contribution in [0.15, 0.2) is 23.8 Å². The van der Waals surface area contributed by atoms with Gasteiger partial charge in [0, 0.05) is 12.5 Å². The molecule has 7 heteroatoms. The Bertz CT molecular complexity index is 1010. The van der Waals surface area contributed by atoms with Gasteiger partial charge >= 0.3 is 5.97 Å². The van der Waals surface area contributed by atoms with Crippen LogP contribution in [0.3, 0.4) is 0 Å². The molecule has 5 rings (SSSR count). The van der Waals surface area contributed by atoms with Gasteiger partial charge in [-0.2, -0.15) is 0 Å². The summed E-state index contributed by atoms with van der Waals surface area (Å²) >= 11 is 0. The topological polar surface area (TPSA) is 68.2 Å². The van der Waals surface area contributed by atoms with E-state index in [9.17, 15) is 14.3 Å². The maximum Gasteiger partial charge on any atom is 0.338 e. The van der Waals surface area contributed by atoms with Crippen molar-refractivity contribution in [2.45, 2.75) is 95.1 Å². The first-order chi connectivity index (χ1) is 16.0. The highest BCUT2D eigenvalue weighted by atomic mass is 19.1. The molecule has 1 spiro atoms. The van der Waals surface area contributed by atoms with Gasteiger partial charge in [0.15, 0.2) is 17.1 Å². The molecule has 0 amide bonds. The maximum absolute atomic E-state index is 13.9. The van der Waals surface area contributed by atoms with E-state index in [1.54, 1.807) is 0 Å². The molecule has 1 aliphatic carbocycles. The van der Waals surface area contributed by atoms with Crippen molar-refractivity contribution in [1.82, 2.24) is 4.90 Å². The molecule has 6 nitrogen and oxygen atoms in total. The monoisotopic (exact) mass is 473 g/mol. The Kier molecular flexibility index (Phi) is 5.72. The first kappa shape index (κ1) is 23.6. The predicted molar refractivity (Wildman–Crippen MR) is 126 cm³/mol. The quantitative estimate of drug-likeness (QED) is 0.487. The van der Waals surface area contributed by atoms with E-state index in [4.69, 9.17) is 14.2 Å². The molecule has 3 aliphatic heterocycles. The summed E-state index contributed by atoms with van der Waals surface area (Å²) in [7, 11) is 0. The third kappa shape index (κ3) is 4.01. The van der Waals surface area contributed by atoms with Crippen molar-refractivity contribution < 1.29 is 28.5 Å². The molecule has 186 valence electrons. The number of alkyl halides is 1. The van der Waals surface area contributed by atoms with Crippen molar-refractivity contribution in [1.29, 1.82) is 0 Å². The van der Waals surface area contributed by atoms with E-state index in [1.165, 1.54) is 26.3 Å². The molecule has 1 fully saturated rings. The molecular formula is C27H36FNO5. The number of carbonyl (C=O) groups excluding carboxylic acids is 1. The first-order valence-corrected chi connectivity index (χ1v) is 12.5. The molecule has 34 heavy (non-hydrogen) atoms. The van der Waals surface area contributed by atoms with Crippen molar-refractivity contribution in [3.05, 3.63) is 34.9 Å². The smallest absolute Gasteiger partial charge is 0.338 e. The van der Waals surface area contributed by atoms with Crippen LogP contribution in [-0.2, 0) is 16.0 Å². The largest absolute Gasteiger partial charge is 0.455 e. The van der Waals surface area contributed by atoms with Gasteiger partial charge in [0.05, 0.1) is 5.54 Å². The number of ether oxygens (including phenoxy) is 3. The van der Waals surface area contributed by atoms with Crippen LogP contribution in [-0.4, -0.2) is 58.8 Å². The molecular weight excluding hydrogens is 437 g/mol. The van der Waals surface area contributed by atoms with E-state index in [2.05, 4.69) is 23.1 Å². The molecule has 1 aromatic carbocycles. The molecule has 1 aromatic rings. The number of benzene rings is 1. The van der Waals surface area contributed by atoms with E-state index >= 15 is 0 Å². The highest BCUT2D eigenvalue weighted by molar-refractivity contribution is 5.79. The number of hydrogen-bond donors (Lipinski definition) is 1. The van der Waals surface area contributed by atoms with Crippen LogP contribution < -0.4 is 9.47 Å². The fraction of sp³-hybridized carbons (Fsp3) is 0.667. The minimum Gasteiger partial charge on any atom is -0.455 e. The predicted octanol–water partition coefficient (Wildman–Crippen LogP) is 4.43. The number of esters is 1. The van der Waals surface area contributed by atoms with Gasteiger partial charge in [0.25, 0.3) is 0 Å². The van der Waals surface area contributed by atoms with Gasteiger partial charge in [0.1, 0.15) is 11.8 Å². The van der Waals surface area contributed by atoms with Crippen LogP contribution in [0.2, 0.25) is 0 Å². The lowest BCUT2D eigenvalue weighted by Crippen LogP contribution is -2.48. The van der Waals surface area contributed by atoms with Gasteiger partial charge < -0.3 is 19.3 Å². The molecule has 0 saturated carbocycles. The lowest BCUT2D eigenvalue weighted by atomic mass is 9.77. The summed E-state index contributed by atoms with van der Waals surface area (Å²) in [5.74, 6) is 0.780. The Morgan fingerprint density at radius 3 is 2.71 bits per heavy atom. The molecule has 0 bridgehead atoms.